The highest BCUT2D eigenvalue weighted by Gasteiger charge is 2.07. The first-order chi connectivity index (χ1) is 12.5. The minimum absolute atomic E-state index is 0.00454. The smallest absolute Gasteiger partial charge is 0.343 e. The average Bonchev–Trinajstić information content (AvgIpc) is 2.59. The van der Waals surface area contributed by atoms with Gasteiger partial charge in [0.2, 0.25) is 0 Å². The van der Waals surface area contributed by atoms with Crippen LogP contribution in [0, 0.1) is 0 Å². The molecule has 6 nitrogen and oxygen atoms in total. The van der Waals surface area contributed by atoms with Gasteiger partial charge < -0.3 is 4.84 Å². The third kappa shape index (κ3) is 6.23. The summed E-state index contributed by atoms with van der Waals surface area (Å²) in [6.45, 7) is 0.0599. The minimum atomic E-state index is -0.656. The first kappa shape index (κ1) is 20.6. The summed E-state index contributed by atoms with van der Waals surface area (Å²) in [7, 11) is 0. The molecule has 0 aliphatic heterocycles. The van der Waals surface area contributed by atoms with Crippen LogP contribution in [-0.4, -0.2) is 12.4 Å². The van der Waals surface area contributed by atoms with E-state index in [1.165, 1.54) is 0 Å². The van der Waals surface area contributed by atoms with Gasteiger partial charge in [-0.2, -0.15) is 0 Å². The van der Waals surface area contributed by atoms with Gasteiger partial charge in [0.25, 0.3) is 0 Å². The van der Waals surface area contributed by atoms with Crippen molar-refractivity contribution in [1.29, 1.82) is 0 Å². The molecule has 0 bridgehead atoms. The Hall–Kier alpha value is -1.70. The maximum atomic E-state index is 11.5. The van der Waals surface area contributed by atoms with Crippen LogP contribution in [0.2, 0.25) is 20.1 Å². The van der Waals surface area contributed by atoms with Crippen molar-refractivity contribution in [3.8, 4) is 0 Å². The van der Waals surface area contributed by atoms with Crippen LogP contribution in [0.15, 0.2) is 41.6 Å². The standard InChI is InChI=1S/C16H13Cl4N3O3/c17-12-3-1-4-13(18)10(12)7-25-22-9-21-16(24)23-26-8-11-14(19)5-2-6-15(11)20/h1-6,9H,7-8H2,(H2,21,22,23,24). The van der Waals surface area contributed by atoms with Crippen molar-refractivity contribution in [3.63, 3.8) is 0 Å². The Balaban J connectivity index is 1.69. The van der Waals surface area contributed by atoms with E-state index >= 15 is 0 Å². The van der Waals surface area contributed by atoms with Crippen molar-refractivity contribution in [3.05, 3.63) is 67.6 Å². The lowest BCUT2D eigenvalue weighted by atomic mass is 10.2. The second-order valence-corrected chi connectivity index (χ2v) is 6.40. The van der Waals surface area contributed by atoms with Crippen molar-refractivity contribution in [2.75, 3.05) is 0 Å². The van der Waals surface area contributed by atoms with Crippen LogP contribution in [0.3, 0.4) is 0 Å². The number of hydroxylamine groups is 1. The predicted molar refractivity (Wildman–Crippen MR) is 103 cm³/mol. The van der Waals surface area contributed by atoms with Crippen LogP contribution in [-0.2, 0) is 22.9 Å². The lowest BCUT2D eigenvalue weighted by Gasteiger charge is -2.08. The van der Waals surface area contributed by atoms with E-state index in [9.17, 15) is 4.79 Å². The van der Waals surface area contributed by atoms with E-state index in [1.54, 1.807) is 36.4 Å². The molecule has 0 aliphatic carbocycles. The number of urea groups is 1. The highest BCUT2D eigenvalue weighted by molar-refractivity contribution is 6.36. The van der Waals surface area contributed by atoms with Gasteiger partial charge in [0.15, 0.2) is 0 Å². The van der Waals surface area contributed by atoms with E-state index in [4.69, 9.17) is 56.1 Å². The molecule has 26 heavy (non-hydrogen) atoms. The summed E-state index contributed by atoms with van der Waals surface area (Å²) in [6.07, 6.45) is 1.05. The fraction of sp³-hybridized carbons (Fsp3) is 0.125. The largest absolute Gasteiger partial charge is 0.390 e. The molecule has 0 spiro atoms. The summed E-state index contributed by atoms with van der Waals surface area (Å²) in [6, 6.07) is 9.48. The zero-order valence-corrected chi connectivity index (χ0v) is 16.2. The molecule has 0 unspecified atom stereocenters. The average molecular weight is 437 g/mol. The molecule has 0 saturated carbocycles. The van der Waals surface area contributed by atoms with E-state index < -0.39 is 6.03 Å². The van der Waals surface area contributed by atoms with Crippen LogP contribution in [0.5, 0.6) is 0 Å². The molecule has 0 aromatic heterocycles. The zero-order chi connectivity index (χ0) is 18.9. The van der Waals surface area contributed by atoms with Gasteiger partial charge in [0.05, 0.1) is 0 Å². The molecular weight excluding hydrogens is 424 g/mol. The Morgan fingerprint density at radius 2 is 1.42 bits per heavy atom. The molecule has 0 atom stereocenters. The molecule has 0 aliphatic rings. The normalized spacial score (nSPS) is 10.8. The van der Waals surface area contributed by atoms with Crippen molar-refractivity contribution >= 4 is 58.8 Å². The molecule has 2 rings (SSSR count). The van der Waals surface area contributed by atoms with Gasteiger partial charge in [-0.3, -0.25) is 10.2 Å². The summed E-state index contributed by atoms with van der Waals surface area (Å²) < 4.78 is 0. The quantitative estimate of drug-likeness (QED) is 0.356. The number of benzene rings is 2. The van der Waals surface area contributed by atoms with Crippen LogP contribution >= 0.6 is 46.4 Å². The number of rotatable bonds is 7. The van der Waals surface area contributed by atoms with E-state index in [-0.39, 0.29) is 13.2 Å². The van der Waals surface area contributed by atoms with Gasteiger partial charge in [-0.05, 0) is 24.3 Å². The number of amides is 2. The Kier molecular flexibility index (Phi) is 8.28. The van der Waals surface area contributed by atoms with Crippen molar-refractivity contribution in [2.24, 2.45) is 5.16 Å². The zero-order valence-electron chi connectivity index (χ0n) is 13.1. The highest BCUT2D eigenvalue weighted by Crippen LogP contribution is 2.25. The first-order valence-electron chi connectivity index (χ1n) is 7.17. The van der Waals surface area contributed by atoms with Gasteiger partial charge in [0.1, 0.15) is 19.6 Å². The Morgan fingerprint density at radius 1 is 0.923 bits per heavy atom. The summed E-state index contributed by atoms with van der Waals surface area (Å²) in [5.41, 5.74) is 3.31. The van der Waals surface area contributed by atoms with Gasteiger partial charge in [0, 0.05) is 31.2 Å². The van der Waals surface area contributed by atoms with E-state index in [0.29, 0.717) is 31.2 Å². The fourth-order valence-electron chi connectivity index (χ4n) is 1.77. The molecule has 2 aromatic carbocycles. The minimum Gasteiger partial charge on any atom is -0.390 e. The summed E-state index contributed by atoms with van der Waals surface area (Å²) >= 11 is 24.0. The molecule has 2 aromatic rings. The third-order valence-corrected chi connectivity index (χ3v) is 4.45. The Bertz CT molecular complexity index is 762. The van der Waals surface area contributed by atoms with Gasteiger partial charge in [-0.25, -0.2) is 10.3 Å². The fourth-order valence-corrected chi connectivity index (χ4v) is 2.78. The van der Waals surface area contributed by atoms with Crippen molar-refractivity contribution in [2.45, 2.75) is 13.2 Å². The Morgan fingerprint density at radius 3 is 1.96 bits per heavy atom. The lowest BCUT2D eigenvalue weighted by Crippen LogP contribution is -2.34. The molecule has 0 heterocycles. The van der Waals surface area contributed by atoms with Gasteiger partial charge in [-0.1, -0.05) is 63.7 Å². The molecule has 0 saturated heterocycles. The summed E-state index contributed by atoms with van der Waals surface area (Å²) in [5, 5.41) is 7.66. The monoisotopic (exact) mass is 435 g/mol. The SMILES string of the molecule is O=C(N/C=N/OCc1c(Cl)cccc1Cl)NOCc1c(Cl)cccc1Cl. The molecule has 2 N–H and O–H groups in total. The lowest BCUT2D eigenvalue weighted by molar-refractivity contribution is 0.0506. The first-order valence-corrected chi connectivity index (χ1v) is 8.68. The molecule has 0 fully saturated rings. The summed E-state index contributed by atoms with van der Waals surface area (Å²) in [4.78, 5) is 21.6. The van der Waals surface area contributed by atoms with Crippen LogP contribution < -0.4 is 10.8 Å². The molecule has 2 amide bonds. The van der Waals surface area contributed by atoms with Crippen LogP contribution in [0.1, 0.15) is 11.1 Å². The maximum Gasteiger partial charge on any atom is 0.343 e. The third-order valence-electron chi connectivity index (χ3n) is 3.04. The highest BCUT2D eigenvalue weighted by atomic mass is 35.5. The second-order valence-electron chi connectivity index (χ2n) is 4.77. The number of halogens is 4. The molecule has 0 radical (unpaired) electrons. The molecule has 138 valence electrons. The number of hydrogen-bond acceptors (Lipinski definition) is 4. The molecular formula is C16H13Cl4N3O3. The van der Waals surface area contributed by atoms with E-state index in [2.05, 4.69) is 16.0 Å². The van der Waals surface area contributed by atoms with Crippen molar-refractivity contribution < 1.29 is 14.5 Å². The Labute approximate surface area is 169 Å². The molecule has 10 heteroatoms. The number of hydrogen-bond donors (Lipinski definition) is 2. The van der Waals surface area contributed by atoms with E-state index in [1.807, 2.05) is 0 Å². The second kappa shape index (κ2) is 10.4. The number of carbonyl (C=O) groups excluding carboxylic acids is 1. The predicted octanol–water partition coefficient (Wildman–Crippen LogP) is 5.19. The number of carbonyl (C=O) groups is 1. The summed E-state index contributed by atoms with van der Waals surface area (Å²) in [5.74, 6) is 0. The van der Waals surface area contributed by atoms with Gasteiger partial charge in [-0.15, -0.1) is 0 Å². The maximum absolute atomic E-state index is 11.5. The number of oxime groups is 1. The van der Waals surface area contributed by atoms with Gasteiger partial charge >= 0.3 is 6.03 Å². The van der Waals surface area contributed by atoms with E-state index in [0.717, 1.165) is 6.34 Å². The van der Waals surface area contributed by atoms with Crippen LogP contribution in [0.4, 0.5) is 4.79 Å². The van der Waals surface area contributed by atoms with Crippen LogP contribution in [0.25, 0.3) is 0 Å². The number of nitrogens with one attached hydrogen (secondary N) is 2. The topological polar surface area (TPSA) is 72.0 Å². The van der Waals surface area contributed by atoms with Crippen molar-refractivity contribution in [1.82, 2.24) is 10.8 Å². The number of nitrogens with zero attached hydrogens (tertiary/aromatic N) is 1.